The predicted octanol–water partition coefficient (Wildman–Crippen LogP) is 4.66. The van der Waals surface area contributed by atoms with Gasteiger partial charge in [0.15, 0.2) is 0 Å². The normalized spacial score (nSPS) is 10.4. The van der Waals surface area contributed by atoms with Gasteiger partial charge in [-0.3, -0.25) is 0 Å². The van der Waals surface area contributed by atoms with Crippen LogP contribution < -0.4 is 0 Å². The van der Waals surface area contributed by atoms with Gasteiger partial charge in [0.1, 0.15) is 11.5 Å². The Bertz CT molecular complexity index is 516. The van der Waals surface area contributed by atoms with Crippen LogP contribution >= 0.6 is 34.4 Å². The van der Waals surface area contributed by atoms with Crippen LogP contribution in [0.15, 0.2) is 33.7 Å². The first-order chi connectivity index (χ1) is 8.17. The first-order valence-corrected chi connectivity index (χ1v) is 7.28. The molecule has 2 heterocycles. The maximum atomic E-state index is 9.86. The molecule has 2 rings (SSSR count). The first kappa shape index (κ1) is 12.3. The molecule has 0 saturated carbocycles. The standard InChI is InChI=1S/C12H10O2S3/c1-3-7-11(13)9(5-15-7)17-10-6-16-8(4-2)12(10)14/h3-6,13-14H,1-2H2. The molecule has 0 unspecified atom stereocenters. The molecule has 5 heteroatoms. The van der Waals surface area contributed by atoms with Gasteiger partial charge in [-0.1, -0.05) is 24.9 Å². The van der Waals surface area contributed by atoms with Crippen molar-refractivity contribution < 1.29 is 10.2 Å². The van der Waals surface area contributed by atoms with Gasteiger partial charge in [-0.25, -0.2) is 0 Å². The lowest BCUT2D eigenvalue weighted by molar-refractivity contribution is 0.462. The molecule has 0 aromatic carbocycles. The maximum absolute atomic E-state index is 9.86. The summed E-state index contributed by atoms with van der Waals surface area (Å²) in [5.41, 5.74) is 0. The van der Waals surface area contributed by atoms with Gasteiger partial charge >= 0.3 is 0 Å². The van der Waals surface area contributed by atoms with E-state index in [0.29, 0.717) is 0 Å². The zero-order valence-electron chi connectivity index (χ0n) is 8.84. The highest BCUT2D eigenvalue weighted by Crippen LogP contribution is 2.46. The number of hydrogen-bond acceptors (Lipinski definition) is 5. The van der Waals surface area contributed by atoms with E-state index in [2.05, 4.69) is 13.2 Å². The van der Waals surface area contributed by atoms with Gasteiger partial charge < -0.3 is 10.2 Å². The summed E-state index contributed by atoms with van der Waals surface area (Å²) in [5.74, 6) is 0.446. The van der Waals surface area contributed by atoms with Crippen molar-refractivity contribution in [1.82, 2.24) is 0 Å². The van der Waals surface area contributed by atoms with Gasteiger partial charge in [-0.05, 0) is 12.2 Å². The van der Waals surface area contributed by atoms with Gasteiger partial charge in [0, 0.05) is 10.8 Å². The van der Waals surface area contributed by atoms with E-state index in [4.69, 9.17) is 0 Å². The van der Waals surface area contributed by atoms with Crippen LogP contribution in [0.5, 0.6) is 11.5 Å². The molecule has 0 radical (unpaired) electrons. The summed E-state index contributed by atoms with van der Waals surface area (Å²) < 4.78 is 0. The highest BCUT2D eigenvalue weighted by atomic mass is 32.2. The summed E-state index contributed by atoms with van der Waals surface area (Å²) in [5, 5.41) is 23.4. The first-order valence-electron chi connectivity index (χ1n) is 4.71. The van der Waals surface area contributed by atoms with E-state index >= 15 is 0 Å². The second-order valence-electron chi connectivity index (χ2n) is 3.14. The average molecular weight is 282 g/mol. The molecule has 0 atom stereocenters. The van der Waals surface area contributed by atoms with E-state index in [0.717, 1.165) is 19.5 Å². The molecule has 2 aromatic rings. The van der Waals surface area contributed by atoms with Crippen molar-refractivity contribution >= 4 is 46.6 Å². The van der Waals surface area contributed by atoms with Crippen molar-refractivity contribution in [3.05, 3.63) is 33.7 Å². The molecule has 0 bridgehead atoms. The number of aromatic hydroxyl groups is 2. The van der Waals surface area contributed by atoms with Crippen LogP contribution in [0, 0.1) is 0 Å². The van der Waals surface area contributed by atoms with E-state index in [1.807, 2.05) is 10.8 Å². The molecule has 0 saturated heterocycles. The SMILES string of the molecule is C=Cc1scc(Sc2csc(C=C)c2O)c1O. The Morgan fingerprint density at radius 2 is 1.35 bits per heavy atom. The van der Waals surface area contributed by atoms with Gasteiger partial charge in [0.25, 0.3) is 0 Å². The van der Waals surface area contributed by atoms with E-state index in [1.165, 1.54) is 34.4 Å². The van der Waals surface area contributed by atoms with E-state index in [1.54, 1.807) is 12.2 Å². The maximum Gasteiger partial charge on any atom is 0.147 e. The largest absolute Gasteiger partial charge is 0.505 e. The third-order valence-electron chi connectivity index (χ3n) is 2.11. The van der Waals surface area contributed by atoms with Crippen molar-refractivity contribution in [3.63, 3.8) is 0 Å². The molecule has 0 fully saturated rings. The predicted molar refractivity (Wildman–Crippen MR) is 76.3 cm³/mol. The highest BCUT2D eigenvalue weighted by Gasteiger charge is 2.14. The lowest BCUT2D eigenvalue weighted by Crippen LogP contribution is -1.70. The fraction of sp³-hybridized carbons (Fsp3) is 0. The molecule has 2 aromatic heterocycles. The Labute approximate surface area is 112 Å². The van der Waals surface area contributed by atoms with Gasteiger partial charge in [0.2, 0.25) is 0 Å². The Kier molecular flexibility index (Phi) is 3.61. The molecular weight excluding hydrogens is 272 g/mol. The molecular formula is C12H10O2S3. The van der Waals surface area contributed by atoms with Crippen molar-refractivity contribution in [2.24, 2.45) is 0 Å². The Balaban J connectivity index is 2.31. The second-order valence-corrected chi connectivity index (χ2v) is 6.04. The fourth-order valence-corrected chi connectivity index (χ4v) is 4.03. The van der Waals surface area contributed by atoms with Crippen LogP contribution in [0.1, 0.15) is 9.75 Å². The lowest BCUT2D eigenvalue weighted by Gasteiger charge is -1.98. The third kappa shape index (κ3) is 2.26. The summed E-state index contributed by atoms with van der Waals surface area (Å²) in [7, 11) is 0. The topological polar surface area (TPSA) is 40.5 Å². The van der Waals surface area contributed by atoms with E-state index in [-0.39, 0.29) is 11.5 Å². The Morgan fingerprint density at radius 1 is 0.941 bits per heavy atom. The zero-order chi connectivity index (χ0) is 12.4. The molecule has 0 spiro atoms. The Morgan fingerprint density at radius 3 is 1.65 bits per heavy atom. The smallest absolute Gasteiger partial charge is 0.147 e. The summed E-state index contributed by atoms with van der Waals surface area (Å²) in [6.07, 6.45) is 3.24. The van der Waals surface area contributed by atoms with Crippen LogP contribution in [-0.4, -0.2) is 10.2 Å². The fourth-order valence-electron chi connectivity index (χ4n) is 1.25. The summed E-state index contributed by atoms with van der Waals surface area (Å²) >= 11 is 4.19. The highest BCUT2D eigenvalue weighted by molar-refractivity contribution is 7.99. The van der Waals surface area contributed by atoms with Crippen molar-refractivity contribution in [3.8, 4) is 11.5 Å². The van der Waals surface area contributed by atoms with E-state index in [9.17, 15) is 10.2 Å². The van der Waals surface area contributed by atoms with E-state index < -0.39 is 0 Å². The molecule has 0 aliphatic carbocycles. The molecule has 0 aliphatic rings. The number of thiophene rings is 2. The third-order valence-corrected chi connectivity index (χ3v) is 5.41. The number of rotatable bonds is 4. The molecule has 2 N–H and O–H groups in total. The molecule has 17 heavy (non-hydrogen) atoms. The van der Waals surface area contributed by atoms with Crippen molar-refractivity contribution in [2.75, 3.05) is 0 Å². The minimum Gasteiger partial charge on any atom is -0.505 e. The average Bonchev–Trinajstić information content (AvgIpc) is 2.85. The summed E-state index contributed by atoms with van der Waals surface area (Å²) in [4.78, 5) is 2.94. The summed E-state index contributed by atoms with van der Waals surface area (Å²) in [6, 6.07) is 0. The molecule has 0 amide bonds. The van der Waals surface area contributed by atoms with Gasteiger partial charge in [0.05, 0.1) is 19.5 Å². The lowest BCUT2D eigenvalue weighted by atomic mass is 10.4. The quantitative estimate of drug-likeness (QED) is 0.857. The summed E-state index contributed by atoms with van der Waals surface area (Å²) in [6.45, 7) is 7.26. The van der Waals surface area contributed by atoms with Crippen molar-refractivity contribution in [2.45, 2.75) is 9.79 Å². The van der Waals surface area contributed by atoms with Crippen LogP contribution in [0.2, 0.25) is 0 Å². The molecule has 2 nitrogen and oxygen atoms in total. The van der Waals surface area contributed by atoms with Gasteiger partial charge in [-0.2, -0.15) is 0 Å². The van der Waals surface area contributed by atoms with Crippen LogP contribution in [0.4, 0.5) is 0 Å². The minimum atomic E-state index is 0.223. The second kappa shape index (κ2) is 5.00. The van der Waals surface area contributed by atoms with Crippen LogP contribution in [-0.2, 0) is 0 Å². The van der Waals surface area contributed by atoms with Crippen LogP contribution in [0.25, 0.3) is 12.2 Å². The van der Waals surface area contributed by atoms with Crippen LogP contribution in [0.3, 0.4) is 0 Å². The van der Waals surface area contributed by atoms with Crippen molar-refractivity contribution in [1.29, 1.82) is 0 Å². The molecule has 0 aliphatic heterocycles. The van der Waals surface area contributed by atoms with Gasteiger partial charge in [-0.15, -0.1) is 22.7 Å². The Hall–Kier alpha value is -1.17. The minimum absolute atomic E-state index is 0.223. The molecule has 88 valence electrons. The number of hydrogen-bond donors (Lipinski definition) is 2. The zero-order valence-corrected chi connectivity index (χ0v) is 11.3. The monoisotopic (exact) mass is 282 g/mol.